The van der Waals surface area contributed by atoms with E-state index in [1.807, 2.05) is 0 Å². The zero-order valence-electron chi connectivity index (χ0n) is 12.2. The van der Waals surface area contributed by atoms with Crippen molar-refractivity contribution >= 4 is 33.2 Å². The average molecular weight is 335 g/mol. The maximum Gasteiger partial charge on any atom is 0.232 e. The molecule has 0 bridgehead atoms. The minimum absolute atomic E-state index is 0.0985. The smallest absolute Gasteiger partial charge is 0.232 e. The molecule has 1 rings (SSSR count). The number of carbonyl (C=O) groups excluding carboxylic acids is 1. The molecule has 1 aromatic rings. The molecule has 21 heavy (non-hydrogen) atoms. The number of rotatable bonds is 7. The third-order valence-electron chi connectivity index (χ3n) is 2.77. The van der Waals surface area contributed by atoms with E-state index in [-0.39, 0.29) is 19.0 Å². The molecule has 6 nitrogen and oxygen atoms in total. The van der Waals surface area contributed by atoms with Crippen LogP contribution in [0.1, 0.15) is 13.3 Å². The number of benzene rings is 1. The van der Waals surface area contributed by atoms with Crippen molar-refractivity contribution in [2.24, 2.45) is 0 Å². The van der Waals surface area contributed by atoms with Crippen molar-refractivity contribution in [3.63, 3.8) is 0 Å². The highest BCUT2D eigenvalue weighted by Crippen LogP contribution is 2.32. The Morgan fingerprint density at radius 1 is 1.43 bits per heavy atom. The van der Waals surface area contributed by atoms with Gasteiger partial charge >= 0.3 is 0 Å². The predicted octanol–water partition coefficient (Wildman–Crippen LogP) is 1.64. The monoisotopic (exact) mass is 334 g/mol. The van der Waals surface area contributed by atoms with E-state index in [2.05, 4.69) is 5.32 Å². The van der Waals surface area contributed by atoms with Crippen LogP contribution in [-0.2, 0) is 14.8 Å². The zero-order valence-corrected chi connectivity index (χ0v) is 13.8. The van der Waals surface area contributed by atoms with Crippen LogP contribution in [-0.4, -0.2) is 40.8 Å². The molecule has 0 aliphatic carbocycles. The summed E-state index contributed by atoms with van der Waals surface area (Å²) in [6, 6.07) is 4.73. The molecule has 1 N–H and O–H groups in total. The summed E-state index contributed by atoms with van der Waals surface area (Å²) < 4.78 is 30.3. The fraction of sp³-hybridized carbons (Fsp3) is 0.462. The number of ether oxygens (including phenoxy) is 1. The van der Waals surface area contributed by atoms with Crippen molar-refractivity contribution in [1.82, 2.24) is 5.32 Å². The standard InChI is InChI=1S/C13H19ClN2O4S/c1-4-13(17)15-7-8-16(21(3,18)19)11-9-10(14)5-6-12(11)20-2/h5-6,9H,4,7-8H2,1-3H3,(H,15,17). The van der Waals surface area contributed by atoms with Crippen LogP contribution in [0.4, 0.5) is 5.69 Å². The Morgan fingerprint density at radius 2 is 2.10 bits per heavy atom. The number of hydrogen-bond acceptors (Lipinski definition) is 4. The fourth-order valence-electron chi connectivity index (χ4n) is 1.74. The molecule has 118 valence electrons. The molecule has 0 saturated heterocycles. The maximum atomic E-state index is 12.0. The Kier molecular flexibility index (Phi) is 6.29. The average Bonchev–Trinajstić information content (AvgIpc) is 2.41. The van der Waals surface area contributed by atoms with Gasteiger partial charge in [0.15, 0.2) is 0 Å². The fourth-order valence-corrected chi connectivity index (χ4v) is 2.83. The molecule has 0 radical (unpaired) electrons. The number of anilines is 1. The van der Waals surface area contributed by atoms with Gasteiger partial charge in [0.25, 0.3) is 0 Å². The van der Waals surface area contributed by atoms with E-state index in [0.29, 0.717) is 22.9 Å². The van der Waals surface area contributed by atoms with Crippen LogP contribution >= 0.6 is 11.6 Å². The van der Waals surface area contributed by atoms with Crippen LogP contribution < -0.4 is 14.4 Å². The SMILES string of the molecule is CCC(=O)NCCN(c1cc(Cl)ccc1OC)S(C)(=O)=O. The normalized spacial score (nSPS) is 11.0. The topological polar surface area (TPSA) is 75.7 Å². The van der Waals surface area contributed by atoms with E-state index in [1.54, 1.807) is 19.1 Å². The van der Waals surface area contributed by atoms with Gasteiger partial charge in [-0.1, -0.05) is 18.5 Å². The van der Waals surface area contributed by atoms with Crippen molar-refractivity contribution in [1.29, 1.82) is 0 Å². The molecule has 0 aliphatic heterocycles. The highest BCUT2D eigenvalue weighted by molar-refractivity contribution is 7.92. The van der Waals surface area contributed by atoms with Crippen molar-refractivity contribution in [3.8, 4) is 5.75 Å². The van der Waals surface area contributed by atoms with Gasteiger partial charge in [-0.15, -0.1) is 0 Å². The third kappa shape index (κ3) is 5.09. The summed E-state index contributed by atoms with van der Waals surface area (Å²) in [4.78, 5) is 11.2. The van der Waals surface area contributed by atoms with E-state index in [0.717, 1.165) is 10.6 Å². The van der Waals surface area contributed by atoms with Gasteiger partial charge in [-0.05, 0) is 18.2 Å². The summed E-state index contributed by atoms with van der Waals surface area (Å²) in [5, 5.41) is 3.04. The molecule has 0 fully saturated rings. The Balaban J connectivity index is 3.04. The van der Waals surface area contributed by atoms with Gasteiger partial charge in [0, 0.05) is 18.0 Å². The number of nitrogens with one attached hydrogen (secondary N) is 1. The second kappa shape index (κ2) is 7.51. The third-order valence-corrected chi connectivity index (χ3v) is 4.18. The van der Waals surface area contributed by atoms with Crippen molar-refractivity contribution in [3.05, 3.63) is 23.2 Å². The van der Waals surface area contributed by atoms with E-state index in [1.165, 1.54) is 13.2 Å². The predicted molar refractivity (Wildman–Crippen MR) is 83.5 cm³/mol. The van der Waals surface area contributed by atoms with E-state index in [9.17, 15) is 13.2 Å². The Morgan fingerprint density at radius 3 is 2.62 bits per heavy atom. The number of methoxy groups -OCH3 is 1. The summed E-state index contributed by atoms with van der Waals surface area (Å²) >= 11 is 5.93. The van der Waals surface area contributed by atoms with Crippen LogP contribution in [0.5, 0.6) is 5.75 Å². The molecule has 0 aliphatic rings. The van der Waals surface area contributed by atoms with Crippen molar-refractivity contribution < 1.29 is 17.9 Å². The van der Waals surface area contributed by atoms with Gasteiger partial charge < -0.3 is 10.1 Å². The lowest BCUT2D eigenvalue weighted by atomic mass is 10.3. The molecule has 1 amide bonds. The van der Waals surface area contributed by atoms with Crippen molar-refractivity contribution in [2.75, 3.05) is 30.8 Å². The largest absolute Gasteiger partial charge is 0.495 e. The molecule has 0 saturated carbocycles. The second-order valence-corrected chi connectivity index (χ2v) is 6.70. The van der Waals surface area contributed by atoms with Crippen molar-refractivity contribution in [2.45, 2.75) is 13.3 Å². The van der Waals surface area contributed by atoms with Crippen LogP contribution in [0.25, 0.3) is 0 Å². The van der Waals surface area contributed by atoms with E-state index in [4.69, 9.17) is 16.3 Å². The number of amides is 1. The molecule has 8 heteroatoms. The van der Waals surface area contributed by atoms with Crippen LogP contribution in [0.3, 0.4) is 0 Å². The molecule has 0 heterocycles. The lowest BCUT2D eigenvalue weighted by Crippen LogP contribution is -2.38. The molecule has 1 aromatic carbocycles. The zero-order chi connectivity index (χ0) is 16.0. The molecule has 0 spiro atoms. The Bertz CT molecular complexity index is 604. The van der Waals surface area contributed by atoms with Crippen LogP contribution in [0.2, 0.25) is 5.02 Å². The Hall–Kier alpha value is -1.47. The lowest BCUT2D eigenvalue weighted by Gasteiger charge is -2.24. The highest BCUT2D eigenvalue weighted by Gasteiger charge is 2.21. The summed E-state index contributed by atoms with van der Waals surface area (Å²) in [7, 11) is -2.08. The summed E-state index contributed by atoms with van der Waals surface area (Å²) in [6.07, 6.45) is 1.44. The van der Waals surface area contributed by atoms with E-state index < -0.39 is 10.0 Å². The van der Waals surface area contributed by atoms with Gasteiger partial charge in [0.1, 0.15) is 5.75 Å². The van der Waals surface area contributed by atoms with Gasteiger partial charge in [-0.3, -0.25) is 9.10 Å². The number of nitrogens with zero attached hydrogens (tertiary/aromatic N) is 1. The first-order valence-corrected chi connectivity index (χ1v) is 8.60. The van der Waals surface area contributed by atoms with Crippen LogP contribution in [0.15, 0.2) is 18.2 Å². The minimum atomic E-state index is -3.53. The molecular formula is C13H19ClN2O4S. The number of hydrogen-bond donors (Lipinski definition) is 1. The van der Waals surface area contributed by atoms with Crippen LogP contribution in [0, 0.1) is 0 Å². The quantitative estimate of drug-likeness (QED) is 0.822. The second-order valence-electron chi connectivity index (χ2n) is 4.35. The Labute approximate surface area is 130 Å². The highest BCUT2D eigenvalue weighted by atomic mass is 35.5. The first kappa shape index (κ1) is 17.6. The van der Waals surface area contributed by atoms with Gasteiger partial charge in [0.2, 0.25) is 15.9 Å². The summed E-state index contributed by atoms with van der Waals surface area (Å²) in [6.45, 7) is 2.03. The number of sulfonamides is 1. The molecule has 0 atom stereocenters. The first-order valence-electron chi connectivity index (χ1n) is 6.37. The maximum absolute atomic E-state index is 12.0. The van der Waals surface area contributed by atoms with Gasteiger partial charge in [-0.2, -0.15) is 0 Å². The number of carbonyl (C=O) groups is 1. The lowest BCUT2D eigenvalue weighted by molar-refractivity contribution is -0.120. The molecule has 0 unspecified atom stereocenters. The molecular weight excluding hydrogens is 316 g/mol. The molecule has 0 aromatic heterocycles. The van der Waals surface area contributed by atoms with Gasteiger partial charge in [0.05, 0.1) is 25.6 Å². The summed E-state index contributed by atoms with van der Waals surface area (Å²) in [5.74, 6) is 0.258. The first-order chi connectivity index (χ1) is 9.79. The van der Waals surface area contributed by atoms with E-state index >= 15 is 0 Å². The van der Waals surface area contributed by atoms with Gasteiger partial charge in [-0.25, -0.2) is 8.42 Å². The number of halogens is 1. The summed E-state index contributed by atoms with van der Waals surface area (Å²) in [5.41, 5.74) is 0.346. The minimum Gasteiger partial charge on any atom is -0.495 e.